The van der Waals surface area contributed by atoms with Gasteiger partial charge in [0.2, 0.25) is 0 Å². The van der Waals surface area contributed by atoms with Crippen LogP contribution in [-0.4, -0.2) is 24.0 Å². The highest BCUT2D eigenvalue weighted by molar-refractivity contribution is 9.10. The zero-order chi connectivity index (χ0) is 13.4. The number of rotatable bonds is 5. The molecule has 1 heterocycles. The second-order valence-electron chi connectivity index (χ2n) is 5.47. The van der Waals surface area contributed by atoms with Crippen molar-refractivity contribution >= 4 is 27.7 Å². The van der Waals surface area contributed by atoms with Gasteiger partial charge < -0.3 is 10.6 Å². The molecule has 0 spiro atoms. The van der Waals surface area contributed by atoms with E-state index < -0.39 is 0 Å². The molecular weight excluding hydrogens is 306 g/mol. The zero-order valence-electron chi connectivity index (χ0n) is 10.9. The van der Waals surface area contributed by atoms with E-state index in [0.29, 0.717) is 29.3 Å². The third-order valence-electron chi connectivity index (χ3n) is 3.89. The number of carbonyl (C=O) groups excluding carboxylic acids is 1. The lowest BCUT2D eigenvalue weighted by molar-refractivity contribution is 0.0927. The Labute approximate surface area is 121 Å². The van der Waals surface area contributed by atoms with E-state index in [1.807, 2.05) is 6.07 Å². The molecule has 2 aliphatic carbocycles. The first-order valence-electron chi connectivity index (χ1n) is 6.83. The first kappa shape index (κ1) is 12.9. The smallest absolute Gasteiger partial charge is 0.255 e. The van der Waals surface area contributed by atoms with Gasteiger partial charge >= 0.3 is 0 Å². The molecule has 1 aromatic heterocycles. The van der Waals surface area contributed by atoms with Crippen molar-refractivity contribution in [2.75, 3.05) is 12.4 Å². The van der Waals surface area contributed by atoms with Crippen molar-refractivity contribution in [3.8, 4) is 0 Å². The lowest BCUT2D eigenvalue weighted by Crippen LogP contribution is -2.38. The molecule has 0 aromatic carbocycles. The molecule has 3 rings (SSSR count). The van der Waals surface area contributed by atoms with Crippen molar-refractivity contribution in [1.82, 2.24) is 10.3 Å². The minimum absolute atomic E-state index is 0.0121. The van der Waals surface area contributed by atoms with E-state index in [9.17, 15) is 4.79 Å². The summed E-state index contributed by atoms with van der Waals surface area (Å²) in [6.45, 7) is 0. The molecule has 0 saturated heterocycles. The lowest BCUT2D eigenvalue weighted by Gasteiger charge is -2.18. The highest BCUT2D eigenvalue weighted by Crippen LogP contribution is 2.44. The van der Waals surface area contributed by atoms with Crippen LogP contribution >= 0.6 is 15.9 Å². The van der Waals surface area contributed by atoms with Crippen LogP contribution in [0.1, 0.15) is 36.0 Å². The Balaban J connectivity index is 1.77. The summed E-state index contributed by atoms with van der Waals surface area (Å²) in [5.41, 5.74) is 0.614. The maximum Gasteiger partial charge on any atom is 0.255 e. The van der Waals surface area contributed by atoms with Crippen LogP contribution in [0.2, 0.25) is 0 Å². The van der Waals surface area contributed by atoms with Crippen molar-refractivity contribution in [3.63, 3.8) is 0 Å². The van der Waals surface area contributed by atoms with E-state index in [-0.39, 0.29) is 5.91 Å². The fraction of sp³-hybridized carbons (Fsp3) is 0.571. The van der Waals surface area contributed by atoms with Gasteiger partial charge in [-0.25, -0.2) is 4.98 Å². The third kappa shape index (κ3) is 2.91. The normalized spacial score (nSPS) is 18.5. The molecule has 0 unspecified atom stereocenters. The van der Waals surface area contributed by atoms with Crippen molar-refractivity contribution < 1.29 is 4.79 Å². The van der Waals surface area contributed by atoms with Crippen molar-refractivity contribution in [2.24, 2.45) is 11.8 Å². The van der Waals surface area contributed by atoms with Crippen LogP contribution in [0.5, 0.6) is 0 Å². The molecule has 2 aliphatic rings. The van der Waals surface area contributed by atoms with E-state index in [2.05, 4.69) is 31.5 Å². The van der Waals surface area contributed by atoms with E-state index in [1.165, 1.54) is 25.7 Å². The number of amides is 1. The van der Waals surface area contributed by atoms with Gasteiger partial charge in [0, 0.05) is 23.8 Å². The van der Waals surface area contributed by atoms with Crippen LogP contribution in [-0.2, 0) is 0 Å². The predicted molar refractivity (Wildman–Crippen MR) is 78.2 cm³/mol. The summed E-state index contributed by atoms with van der Waals surface area (Å²) in [6, 6.07) is 2.20. The SMILES string of the molecule is CNc1ncc(Br)cc1C(=O)NC(C1CC1)C1CC1. The van der Waals surface area contributed by atoms with E-state index in [4.69, 9.17) is 0 Å². The maximum atomic E-state index is 12.4. The lowest BCUT2D eigenvalue weighted by atomic mass is 10.1. The summed E-state index contributed by atoms with van der Waals surface area (Å²) in [5.74, 6) is 2.03. The second-order valence-corrected chi connectivity index (χ2v) is 6.39. The highest BCUT2D eigenvalue weighted by Gasteiger charge is 2.42. The molecule has 0 radical (unpaired) electrons. The van der Waals surface area contributed by atoms with Crippen LogP contribution < -0.4 is 10.6 Å². The van der Waals surface area contributed by atoms with Crippen LogP contribution in [0.15, 0.2) is 16.7 Å². The average molecular weight is 324 g/mol. The first-order valence-corrected chi connectivity index (χ1v) is 7.62. The maximum absolute atomic E-state index is 12.4. The van der Waals surface area contributed by atoms with E-state index in [1.54, 1.807) is 13.2 Å². The quantitative estimate of drug-likeness (QED) is 0.876. The Bertz CT molecular complexity index is 485. The van der Waals surface area contributed by atoms with Crippen molar-refractivity contribution in [2.45, 2.75) is 31.7 Å². The fourth-order valence-corrected chi connectivity index (χ4v) is 2.90. The van der Waals surface area contributed by atoms with Crippen molar-refractivity contribution in [3.05, 3.63) is 22.3 Å². The number of anilines is 1. The molecule has 19 heavy (non-hydrogen) atoms. The van der Waals surface area contributed by atoms with Gasteiger partial charge in [0.15, 0.2) is 0 Å². The third-order valence-corrected chi connectivity index (χ3v) is 4.33. The van der Waals surface area contributed by atoms with Gasteiger partial charge in [-0.3, -0.25) is 4.79 Å². The molecule has 1 amide bonds. The Morgan fingerprint density at radius 3 is 2.53 bits per heavy atom. The number of hydrogen-bond acceptors (Lipinski definition) is 3. The molecular formula is C14H18BrN3O. The van der Waals surface area contributed by atoms with Crippen molar-refractivity contribution in [1.29, 1.82) is 0 Å². The Hall–Kier alpha value is -1.10. The number of pyridine rings is 1. The molecule has 2 saturated carbocycles. The molecule has 2 N–H and O–H groups in total. The highest BCUT2D eigenvalue weighted by atomic mass is 79.9. The molecule has 2 fully saturated rings. The predicted octanol–water partition coefficient (Wildman–Crippen LogP) is 2.80. The fourth-order valence-electron chi connectivity index (χ4n) is 2.57. The number of hydrogen-bond donors (Lipinski definition) is 2. The van der Waals surface area contributed by atoms with E-state index in [0.717, 1.165) is 4.47 Å². The largest absolute Gasteiger partial charge is 0.372 e. The molecule has 0 bridgehead atoms. The second kappa shape index (κ2) is 5.12. The summed E-state index contributed by atoms with van der Waals surface area (Å²) >= 11 is 3.37. The number of nitrogens with zero attached hydrogens (tertiary/aromatic N) is 1. The standard InChI is InChI=1S/C14H18BrN3O/c1-16-13-11(6-10(15)7-17-13)14(19)18-12(8-2-3-8)9-4-5-9/h6-9,12H,2-5H2,1H3,(H,16,17)(H,18,19). The Morgan fingerprint density at radius 2 is 2.00 bits per heavy atom. The molecule has 5 heteroatoms. The molecule has 4 nitrogen and oxygen atoms in total. The minimum Gasteiger partial charge on any atom is -0.372 e. The summed E-state index contributed by atoms with van der Waals surface area (Å²) in [6.07, 6.45) is 6.74. The van der Waals surface area contributed by atoms with Crippen LogP contribution in [0.3, 0.4) is 0 Å². The summed E-state index contributed by atoms with van der Waals surface area (Å²) in [4.78, 5) is 16.7. The summed E-state index contributed by atoms with van der Waals surface area (Å²) in [7, 11) is 1.78. The molecule has 102 valence electrons. The topological polar surface area (TPSA) is 54.0 Å². The van der Waals surface area contributed by atoms with Crippen LogP contribution in [0.4, 0.5) is 5.82 Å². The Kier molecular flexibility index (Phi) is 3.48. The van der Waals surface area contributed by atoms with Gasteiger partial charge in [0.05, 0.1) is 5.56 Å². The average Bonchev–Trinajstić information content (AvgIpc) is 3.29. The number of aromatic nitrogens is 1. The molecule has 1 aromatic rings. The van der Waals surface area contributed by atoms with Gasteiger partial charge in [-0.1, -0.05) is 0 Å². The van der Waals surface area contributed by atoms with Gasteiger partial charge in [0.1, 0.15) is 5.82 Å². The summed E-state index contributed by atoms with van der Waals surface area (Å²) < 4.78 is 0.825. The number of halogens is 1. The van der Waals surface area contributed by atoms with Crippen LogP contribution in [0.25, 0.3) is 0 Å². The van der Waals surface area contributed by atoms with Gasteiger partial charge in [-0.15, -0.1) is 0 Å². The molecule has 0 aliphatic heterocycles. The van der Waals surface area contributed by atoms with Gasteiger partial charge in [-0.2, -0.15) is 0 Å². The molecule has 0 atom stereocenters. The van der Waals surface area contributed by atoms with Crippen LogP contribution in [0, 0.1) is 11.8 Å². The summed E-state index contributed by atoms with van der Waals surface area (Å²) in [5, 5.41) is 6.19. The monoisotopic (exact) mass is 323 g/mol. The Morgan fingerprint density at radius 1 is 1.37 bits per heavy atom. The van der Waals surface area contributed by atoms with Gasteiger partial charge in [0.25, 0.3) is 5.91 Å². The number of carbonyl (C=O) groups is 1. The minimum atomic E-state index is -0.0121. The number of nitrogens with one attached hydrogen (secondary N) is 2. The first-order chi connectivity index (χ1) is 9.19. The zero-order valence-corrected chi connectivity index (χ0v) is 12.5. The van der Waals surface area contributed by atoms with E-state index >= 15 is 0 Å². The van der Waals surface area contributed by atoms with Gasteiger partial charge in [-0.05, 0) is 59.5 Å².